The van der Waals surface area contributed by atoms with Crippen LogP contribution in [-0.2, 0) is 6.61 Å². The van der Waals surface area contributed by atoms with Gasteiger partial charge in [0.25, 0.3) is 5.89 Å². The summed E-state index contributed by atoms with van der Waals surface area (Å²) >= 11 is 6.26. The molecule has 1 heterocycles. The lowest BCUT2D eigenvalue weighted by Gasteiger charge is -2.08. The molecule has 1 aromatic heterocycles. The van der Waals surface area contributed by atoms with Gasteiger partial charge in [-0.15, -0.1) is 0 Å². The van der Waals surface area contributed by atoms with E-state index in [1.165, 1.54) is 0 Å². The highest BCUT2D eigenvalue weighted by molar-refractivity contribution is 6.32. The fraction of sp³-hybridized carbons (Fsp3) is 0.125. The number of ether oxygens (including phenoxy) is 1. The van der Waals surface area contributed by atoms with E-state index in [-0.39, 0.29) is 6.61 Å². The van der Waals surface area contributed by atoms with Crippen LogP contribution in [0.2, 0.25) is 5.02 Å². The second-order valence-corrected chi connectivity index (χ2v) is 4.94. The van der Waals surface area contributed by atoms with Crippen LogP contribution in [0.4, 0.5) is 0 Å². The number of hydrogen-bond donors (Lipinski definition) is 0. The van der Waals surface area contributed by atoms with Gasteiger partial charge in [-0.25, -0.2) is 0 Å². The minimum absolute atomic E-state index is 0.200. The highest BCUT2D eigenvalue weighted by Gasteiger charge is 2.08. The maximum atomic E-state index is 6.26. The van der Waals surface area contributed by atoms with Gasteiger partial charge in [-0.1, -0.05) is 53.2 Å². The molecule has 106 valence electrons. The first-order valence-corrected chi connectivity index (χ1v) is 6.87. The predicted molar refractivity (Wildman–Crippen MR) is 80.3 cm³/mol. The van der Waals surface area contributed by atoms with Crippen molar-refractivity contribution in [3.63, 3.8) is 0 Å². The van der Waals surface area contributed by atoms with Crippen molar-refractivity contribution in [3.8, 4) is 16.9 Å². The smallest absolute Gasteiger partial charge is 0.264 e. The molecule has 5 heteroatoms. The van der Waals surface area contributed by atoms with E-state index in [0.29, 0.717) is 22.5 Å². The van der Waals surface area contributed by atoms with Crippen molar-refractivity contribution in [2.24, 2.45) is 0 Å². The third-order valence-corrected chi connectivity index (χ3v) is 3.26. The molecule has 0 atom stereocenters. The number of rotatable bonds is 4. The second-order valence-electron chi connectivity index (χ2n) is 4.54. The molecule has 3 aromatic rings. The molecule has 3 rings (SSSR count). The van der Waals surface area contributed by atoms with Crippen molar-refractivity contribution in [1.82, 2.24) is 10.1 Å². The Bertz CT molecular complexity index is 741. The van der Waals surface area contributed by atoms with Crippen molar-refractivity contribution in [2.45, 2.75) is 13.5 Å². The molecule has 0 unspecified atom stereocenters. The molecule has 2 aromatic carbocycles. The average Bonchev–Trinajstić information content (AvgIpc) is 2.92. The fourth-order valence-electron chi connectivity index (χ4n) is 1.97. The Morgan fingerprint density at radius 3 is 2.57 bits per heavy atom. The minimum Gasteiger partial charge on any atom is -0.482 e. The molecule has 0 aliphatic heterocycles. The molecule has 0 aliphatic rings. The van der Waals surface area contributed by atoms with Gasteiger partial charge in [-0.3, -0.25) is 0 Å². The van der Waals surface area contributed by atoms with Gasteiger partial charge >= 0.3 is 0 Å². The first-order chi connectivity index (χ1) is 10.2. The summed E-state index contributed by atoms with van der Waals surface area (Å²) < 4.78 is 10.6. The molecule has 0 aliphatic carbocycles. The molecule has 0 fully saturated rings. The van der Waals surface area contributed by atoms with Crippen molar-refractivity contribution in [2.75, 3.05) is 0 Å². The van der Waals surface area contributed by atoms with Crippen LogP contribution in [0.15, 0.2) is 53.1 Å². The highest BCUT2D eigenvalue weighted by atomic mass is 35.5. The lowest BCUT2D eigenvalue weighted by atomic mass is 10.1. The zero-order valence-electron chi connectivity index (χ0n) is 11.4. The van der Waals surface area contributed by atoms with E-state index < -0.39 is 0 Å². The number of nitrogens with zero attached hydrogens (tertiary/aromatic N) is 2. The summed E-state index contributed by atoms with van der Waals surface area (Å²) in [5, 5.41) is 4.25. The van der Waals surface area contributed by atoms with Crippen LogP contribution in [-0.4, -0.2) is 10.1 Å². The van der Waals surface area contributed by atoms with Crippen molar-refractivity contribution < 1.29 is 9.26 Å². The van der Waals surface area contributed by atoms with E-state index in [9.17, 15) is 0 Å². The van der Waals surface area contributed by atoms with Crippen molar-refractivity contribution >= 4 is 11.6 Å². The molecule has 0 saturated carbocycles. The Kier molecular flexibility index (Phi) is 3.88. The van der Waals surface area contributed by atoms with Crippen LogP contribution >= 0.6 is 11.6 Å². The van der Waals surface area contributed by atoms with Crippen LogP contribution in [0, 0.1) is 6.92 Å². The fourth-order valence-corrected chi connectivity index (χ4v) is 2.20. The normalized spacial score (nSPS) is 10.6. The highest BCUT2D eigenvalue weighted by Crippen LogP contribution is 2.30. The maximum absolute atomic E-state index is 6.26. The summed E-state index contributed by atoms with van der Waals surface area (Å²) in [5.74, 6) is 1.60. The van der Waals surface area contributed by atoms with E-state index in [1.807, 2.05) is 48.5 Å². The molecule has 0 saturated heterocycles. The van der Waals surface area contributed by atoms with Gasteiger partial charge in [0, 0.05) is 0 Å². The van der Waals surface area contributed by atoms with Crippen molar-refractivity contribution in [3.05, 3.63) is 65.3 Å². The number of aromatic nitrogens is 2. The zero-order chi connectivity index (χ0) is 14.7. The Balaban J connectivity index is 1.75. The van der Waals surface area contributed by atoms with Gasteiger partial charge in [0.1, 0.15) is 5.75 Å². The van der Waals surface area contributed by atoms with Crippen molar-refractivity contribution in [1.29, 1.82) is 0 Å². The second kappa shape index (κ2) is 5.97. The lowest BCUT2D eigenvalue weighted by molar-refractivity contribution is 0.242. The van der Waals surface area contributed by atoms with E-state index >= 15 is 0 Å². The summed E-state index contributed by atoms with van der Waals surface area (Å²) in [6.45, 7) is 1.96. The summed E-state index contributed by atoms with van der Waals surface area (Å²) in [5.41, 5.74) is 2.15. The van der Waals surface area contributed by atoms with Gasteiger partial charge in [0.05, 0.1) is 5.02 Å². The Morgan fingerprint density at radius 2 is 1.90 bits per heavy atom. The molecule has 0 bridgehead atoms. The molecule has 0 amide bonds. The summed E-state index contributed by atoms with van der Waals surface area (Å²) in [6.07, 6.45) is 0. The van der Waals surface area contributed by atoms with Gasteiger partial charge < -0.3 is 9.26 Å². The molecule has 0 N–H and O–H groups in total. The van der Waals surface area contributed by atoms with Gasteiger partial charge in [-0.2, -0.15) is 4.98 Å². The van der Waals surface area contributed by atoms with E-state index in [2.05, 4.69) is 10.1 Å². The molecular weight excluding hydrogens is 288 g/mol. The van der Waals surface area contributed by atoms with Crippen LogP contribution in [0.25, 0.3) is 11.1 Å². The van der Waals surface area contributed by atoms with Crippen LogP contribution in [0.5, 0.6) is 5.75 Å². The molecule has 4 nitrogen and oxygen atoms in total. The Morgan fingerprint density at radius 1 is 1.10 bits per heavy atom. The monoisotopic (exact) mass is 300 g/mol. The summed E-state index contributed by atoms with van der Waals surface area (Å²) in [6, 6.07) is 15.7. The average molecular weight is 301 g/mol. The quantitative estimate of drug-likeness (QED) is 0.721. The summed E-state index contributed by atoms with van der Waals surface area (Å²) in [7, 11) is 0. The predicted octanol–water partition coefficient (Wildman–Crippen LogP) is 4.28. The number of aryl methyl sites for hydroxylation is 1. The Hall–Kier alpha value is -2.33. The SMILES string of the molecule is Cc1noc(COc2ccc(-c3ccccc3)cc2Cl)n1. The largest absolute Gasteiger partial charge is 0.482 e. The number of halogens is 1. The summed E-state index contributed by atoms with van der Waals surface area (Å²) in [4.78, 5) is 4.07. The van der Waals surface area contributed by atoms with Crippen LogP contribution in [0.1, 0.15) is 11.7 Å². The first kappa shape index (κ1) is 13.6. The zero-order valence-corrected chi connectivity index (χ0v) is 12.2. The van der Waals surface area contributed by atoms with Gasteiger partial charge in [0.2, 0.25) is 0 Å². The number of hydrogen-bond acceptors (Lipinski definition) is 4. The topological polar surface area (TPSA) is 48.2 Å². The lowest BCUT2D eigenvalue weighted by Crippen LogP contribution is -1.96. The first-order valence-electron chi connectivity index (χ1n) is 6.49. The maximum Gasteiger partial charge on any atom is 0.264 e. The Labute approximate surface area is 127 Å². The standard InChI is InChI=1S/C16H13ClN2O2/c1-11-18-16(21-19-11)10-20-15-8-7-13(9-14(15)17)12-5-3-2-4-6-12/h2-9H,10H2,1H3. The third-order valence-electron chi connectivity index (χ3n) is 2.96. The van der Waals surface area contributed by atoms with Crippen LogP contribution < -0.4 is 4.74 Å². The third kappa shape index (κ3) is 3.23. The van der Waals surface area contributed by atoms with E-state index in [1.54, 1.807) is 6.92 Å². The minimum atomic E-state index is 0.200. The van der Waals surface area contributed by atoms with Gasteiger partial charge in [0.15, 0.2) is 12.4 Å². The molecular formula is C16H13ClN2O2. The van der Waals surface area contributed by atoms with Crippen LogP contribution in [0.3, 0.4) is 0 Å². The van der Waals surface area contributed by atoms with E-state index in [0.717, 1.165) is 11.1 Å². The number of benzene rings is 2. The molecule has 0 radical (unpaired) electrons. The van der Waals surface area contributed by atoms with E-state index in [4.69, 9.17) is 20.9 Å². The molecule has 0 spiro atoms. The molecule has 21 heavy (non-hydrogen) atoms. The van der Waals surface area contributed by atoms with Gasteiger partial charge in [-0.05, 0) is 30.2 Å².